The fourth-order valence-electron chi connectivity index (χ4n) is 2.89. The van der Waals surface area contributed by atoms with Crippen molar-refractivity contribution in [3.63, 3.8) is 0 Å². The van der Waals surface area contributed by atoms with E-state index >= 15 is 0 Å². The number of anilines is 1. The average molecular weight is 388 g/mol. The van der Waals surface area contributed by atoms with E-state index in [0.29, 0.717) is 22.8 Å². The molecule has 0 atom stereocenters. The number of nitrogens with one attached hydrogen (secondary N) is 2. The van der Waals surface area contributed by atoms with Crippen LogP contribution < -0.4 is 10.6 Å². The quantitative estimate of drug-likeness (QED) is 0.470. The lowest BCUT2D eigenvalue weighted by atomic mass is 10.2. The second kappa shape index (κ2) is 7.93. The smallest absolute Gasteiger partial charge is 0.320 e. The van der Waals surface area contributed by atoms with Crippen molar-refractivity contribution in [2.75, 3.05) is 5.32 Å². The Hall–Kier alpha value is -4.00. The first-order valence-corrected chi connectivity index (χ1v) is 9.13. The monoisotopic (exact) mass is 388 g/mol. The second-order valence-corrected chi connectivity index (χ2v) is 6.58. The summed E-state index contributed by atoms with van der Waals surface area (Å²) in [6.07, 6.45) is 1.58. The molecule has 7 heteroatoms. The molecule has 0 radical (unpaired) electrons. The van der Waals surface area contributed by atoms with Gasteiger partial charge in [-0.05, 0) is 37.3 Å². The number of furan rings is 1. The molecule has 0 fully saturated rings. The number of aromatic hydroxyl groups is 1. The Morgan fingerprint density at radius 2 is 1.90 bits per heavy atom. The number of hydrogen-bond acceptors (Lipinski definition) is 4. The van der Waals surface area contributed by atoms with Crippen LogP contribution in [0.2, 0.25) is 0 Å². The first-order chi connectivity index (χ1) is 14.1. The maximum Gasteiger partial charge on any atom is 0.320 e. The summed E-state index contributed by atoms with van der Waals surface area (Å²) in [4.78, 5) is 12.5. The Labute approximate surface area is 167 Å². The van der Waals surface area contributed by atoms with Crippen molar-refractivity contribution in [3.05, 3.63) is 84.1 Å². The van der Waals surface area contributed by atoms with Crippen molar-refractivity contribution in [1.29, 1.82) is 0 Å². The van der Waals surface area contributed by atoms with Crippen LogP contribution in [-0.4, -0.2) is 20.9 Å². The molecule has 2 aromatic heterocycles. The lowest BCUT2D eigenvalue weighted by Gasteiger charge is -2.11. The van der Waals surface area contributed by atoms with E-state index in [1.807, 2.05) is 37.3 Å². The molecule has 7 nitrogen and oxygen atoms in total. The highest BCUT2D eigenvalue weighted by Crippen LogP contribution is 2.25. The summed E-state index contributed by atoms with van der Waals surface area (Å²) in [5, 5.41) is 20.0. The molecule has 2 aromatic carbocycles. The highest BCUT2D eigenvalue weighted by molar-refractivity contribution is 5.89. The van der Waals surface area contributed by atoms with Crippen LogP contribution in [0.4, 0.5) is 10.6 Å². The van der Waals surface area contributed by atoms with Crippen LogP contribution in [0, 0.1) is 6.92 Å². The van der Waals surface area contributed by atoms with Gasteiger partial charge < -0.3 is 14.8 Å². The number of aromatic nitrogens is 2. The summed E-state index contributed by atoms with van der Waals surface area (Å²) in [6, 6.07) is 19.6. The number of aryl methyl sites for hydroxylation is 1. The third-order valence-corrected chi connectivity index (χ3v) is 4.43. The number of phenolic OH excluding ortho intramolecular Hbond substituents is 1. The standard InChI is InChI=1S/C22H20N4O3/c1-15-8-10-17(11-9-15)26-21(13-18(25-26)20-7-4-12-29-20)24-22(28)23-14-16-5-2-3-6-19(16)27/h2-13,27H,14H2,1H3,(H2,23,24,28). The molecule has 0 unspecified atom stereocenters. The second-order valence-electron chi connectivity index (χ2n) is 6.58. The van der Waals surface area contributed by atoms with E-state index < -0.39 is 6.03 Å². The highest BCUT2D eigenvalue weighted by atomic mass is 16.3. The number of amides is 2. The molecule has 3 N–H and O–H groups in total. The topological polar surface area (TPSA) is 92.3 Å². The van der Waals surface area contributed by atoms with Gasteiger partial charge in [-0.25, -0.2) is 9.48 Å². The zero-order valence-corrected chi connectivity index (χ0v) is 15.8. The minimum Gasteiger partial charge on any atom is -0.508 e. The van der Waals surface area contributed by atoms with Gasteiger partial charge in [0.15, 0.2) is 5.76 Å². The van der Waals surface area contributed by atoms with Gasteiger partial charge in [-0.3, -0.25) is 5.32 Å². The lowest BCUT2D eigenvalue weighted by Crippen LogP contribution is -2.29. The fraction of sp³-hybridized carbons (Fsp3) is 0.0909. The summed E-state index contributed by atoms with van der Waals surface area (Å²) in [7, 11) is 0. The number of para-hydroxylation sites is 1. The number of carbonyl (C=O) groups excluding carboxylic acids is 1. The van der Waals surface area contributed by atoms with E-state index in [4.69, 9.17) is 4.42 Å². The lowest BCUT2D eigenvalue weighted by molar-refractivity contribution is 0.251. The van der Waals surface area contributed by atoms with Gasteiger partial charge in [0.2, 0.25) is 0 Å². The van der Waals surface area contributed by atoms with Crippen molar-refractivity contribution in [1.82, 2.24) is 15.1 Å². The van der Waals surface area contributed by atoms with Gasteiger partial charge in [-0.15, -0.1) is 0 Å². The molecule has 0 spiro atoms. The Bertz CT molecular complexity index is 1120. The Morgan fingerprint density at radius 1 is 1.10 bits per heavy atom. The van der Waals surface area contributed by atoms with Crippen molar-refractivity contribution in [3.8, 4) is 22.9 Å². The molecule has 2 heterocycles. The van der Waals surface area contributed by atoms with Crippen molar-refractivity contribution in [2.45, 2.75) is 13.5 Å². The van der Waals surface area contributed by atoms with Crippen LogP contribution in [0.25, 0.3) is 17.1 Å². The van der Waals surface area contributed by atoms with E-state index in [1.54, 1.807) is 47.3 Å². The van der Waals surface area contributed by atoms with Crippen LogP contribution in [0.1, 0.15) is 11.1 Å². The molecule has 0 aliphatic rings. The average Bonchev–Trinajstić information content (AvgIpc) is 3.38. The Balaban J connectivity index is 1.57. The largest absolute Gasteiger partial charge is 0.508 e. The zero-order chi connectivity index (χ0) is 20.2. The summed E-state index contributed by atoms with van der Waals surface area (Å²) in [5.41, 5.74) is 3.17. The van der Waals surface area contributed by atoms with E-state index in [-0.39, 0.29) is 12.3 Å². The molecule has 0 aliphatic heterocycles. The van der Waals surface area contributed by atoms with Gasteiger partial charge in [0.1, 0.15) is 17.3 Å². The molecule has 0 bridgehead atoms. The molecule has 4 rings (SSSR count). The van der Waals surface area contributed by atoms with Gasteiger partial charge >= 0.3 is 6.03 Å². The highest BCUT2D eigenvalue weighted by Gasteiger charge is 2.15. The maximum atomic E-state index is 12.5. The number of carbonyl (C=O) groups is 1. The van der Waals surface area contributed by atoms with Crippen molar-refractivity contribution in [2.24, 2.45) is 0 Å². The minimum absolute atomic E-state index is 0.137. The third-order valence-electron chi connectivity index (χ3n) is 4.43. The van der Waals surface area contributed by atoms with Crippen LogP contribution in [0.3, 0.4) is 0 Å². The van der Waals surface area contributed by atoms with E-state index in [9.17, 15) is 9.90 Å². The van der Waals surface area contributed by atoms with Crippen LogP contribution in [0.15, 0.2) is 77.4 Å². The number of urea groups is 1. The fourth-order valence-corrected chi connectivity index (χ4v) is 2.89. The minimum atomic E-state index is -0.410. The summed E-state index contributed by atoms with van der Waals surface area (Å²) >= 11 is 0. The van der Waals surface area contributed by atoms with Gasteiger partial charge in [0, 0.05) is 18.2 Å². The predicted molar refractivity (Wildman–Crippen MR) is 110 cm³/mol. The normalized spacial score (nSPS) is 10.7. The maximum absolute atomic E-state index is 12.5. The molecule has 2 amide bonds. The number of benzene rings is 2. The number of nitrogens with zero attached hydrogens (tertiary/aromatic N) is 2. The summed E-state index contributed by atoms with van der Waals surface area (Å²) in [6.45, 7) is 2.20. The molecule has 0 aliphatic carbocycles. The van der Waals surface area contributed by atoms with Crippen LogP contribution >= 0.6 is 0 Å². The molecule has 0 saturated carbocycles. The molecular formula is C22H20N4O3. The first kappa shape index (κ1) is 18.4. The van der Waals surface area contributed by atoms with Crippen molar-refractivity contribution >= 4 is 11.8 Å². The van der Waals surface area contributed by atoms with Gasteiger partial charge in [0.05, 0.1) is 12.0 Å². The molecular weight excluding hydrogens is 368 g/mol. The summed E-state index contributed by atoms with van der Waals surface area (Å²) in [5.74, 6) is 1.24. The van der Waals surface area contributed by atoms with Gasteiger partial charge in [-0.1, -0.05) is 35.9 Å². The first-order valence-electron chi connectivity index (χ1n) is 9.13. The Kier molecular flexibility index (Phi) is 5.03. The molecule has 0 saturated heterocycles. The van der Waals surface area contributed by atoms with E-state index in [2.05, 4.69) is 15.7 Å². The third kappa shape index (κ3) is 4.14. The summed E-state index contributed by atoms with van der Waals surface area (Å²) < 4.78 is 7.08. The number of phenols is 1. The number of rotatable bonds is 5. The van der Waals surface area contributed by atoms with E-state index in [0.717, 1.165) is 11.3 Å². The van der Waals surface area contributed by atoms with Gasteiger partial charge in [0.25, 0.3) is 0 Å². The molecule has 146 valence electrons. The predicted octanol–water partition coefficient (Wildman–Crippen LogP) is 4.47. The van der Waals surface area contributed by atoms with Gasteiger partial charge in [-0.2, -0.15) is 5.10 Å². The molecule has 4 aromatic rings. The Morgan fingerprint density at radius 3 is 2.62 bits per heavy atom. The van der Waals surface area contributed by atoms with Crippen LogP contribution in [0.5, 0.6) is 5.75 Å². The number of hydrogen-bond donors (Lipinski definition) is 3. The van der Waals surface area contributed by atoms with Crippen molar-refractivity contribution < 1.29 is 14.3 Å². The molecule has 29 heavy (non-hydrogen) atoms. The SMILES string of the molecule is Cc1ccc(-n2nc(-c3ccco3)cc2NC(=O)NCc2ccccc2O)cc1. The van der Waals surface area contributed by atoms with Crippen LogP contribution in [-0.2, 0) is 6.54 Å². The van der Waals surface area contributed by atoms with E-state index in [1.165, 1.54) is 0 Å². The zero-order valence-electron chi connectivity index (χ0n) is 15.8.